The number of hydrogen-bond donors (Lipinski definition) is 2. The van der Waals surface area contributed by atoms with E-state index in [4.69, 9.17) is 4.74 Å². The smallest absolute Gasteiger partial charge is 0.246 e. The molecule has 0 bridgehead atoms. The van der Waals surface area contributed by atoms with Gasteiger partial charge in [0.25, 0.3) is 0 Å². The average molecular weight is 298 g/mol. The van der Waals surface area contributed by atoms with Gasteiger partial charge < -0.3 is 15.2 Å². The third-order valence-electron chi connectivity index (χ3n) is 3.86. The molecule has 1 aliphatic rings. The molecule has 2 heterocycles. The number of thiophene rings is 1. The number of carbonyl (C=O) groups excluding carboxylic acids is 1. The van der Waals surface area contributed by atoms with E-state index in [0.29, 0.717) is 6.42 Å². The van der Waals surface area contributed by atoms with Gasteiger partial charge >= 0.3 is 0 Å². The van der Waals surface area contributed by atoms with Gasteiger partial charge in [-0.05, 0) is 31.8 Å². The van der Waals surface area contributed by atoms with E-state index in [1.165, 1.54) is 7.11 Å². The highest BCUT2D eigenvalue weighted by atomic mass is 32.1. The average Bonchev–Trinajstić information content (AvgIpc) is 2.88. The number of piperidine rings is 1. The molecule has 2 rings (SSSR count). The lowest BCUT2D eigenvalue weighted by molar-refractivity contribution is -0.131. The minimum absolute atomic E-state index is 0.00740. The summed E-state index contributed by atoms with van der Waals surface area (Å²) in [5.41, 5.74) is -0.926. The van der Waals surface area contributed by atoms with Gasteiger partial charge in [-0.1, -0.05) is 6.07 Å². The monoisotopic (exact) mass is 298 g/mol. The van der Waals surface area contributed by atoms with Gasteiger partial charge in [-0.2, -0.15) is 0 Å². The molecule has 5 nitrogen and oxygen atoms in total. The molecule has 6 heteroatoms. The molecular formula is C14H22N2O3S. The Labute approximate surface area is 123 Å². The summed E-state index contributed by atoms with van der Waals surface area (Å²) in [7, 11) is 3.51. The lowest BCUT2D eigenvalue weighted by Gasteiger charge is -2.47. The molecule has 1 amide bonds. The summed E-state index contributed by atoms with van der Waals surface area (Å²) in [6.45, 7) is 2.60. The summed E-state index contributed by atoms with van der Waals surface area (Å²) in [4.78, 5) is 15.2. The van der Waals surface area contributed by atoms with Crippen LogP contribution in [0, 0.1) is 0 Å². The minimum atomic E-state index is -0.926. The van der Waals surface area contributed by atoms with Gasteiger partial charge in [0.1, 0.15) is 6.61 Å². The minimum Gasteiger partial charge on any atom is -0.388 e. The summed E-state index contributed by atoms with van der Waals surface area (Å²) in [6, 6.07) is 3.68. The van der Waals surface area contributed by atoms with Crippen LogP contribution in [0.1, 0.15) is 24.3 Å². The maximum Gasteiger partial charge on any atom is 0.246 e. The van der Waals surface area contributed by atoms with Crippen LogP contribution in [0.5, 0.6) is 0 Å². The Hall–Kier alpha value is -0.950. The van der Waals surface area contributed by atoms with E-state index in [0.717, 1.165) is 11.4 Å². The van der Waals surface area contributed by atoms with Crippen LogP contribution in [0.25, 0.3) is 0 Å². The second kappa shape index (κ2) is 6.22. The van der Waals surface area contributed by atoms with E-state index in [-0.39, 0.29) is 24.6 Å². The van der Waals surface area contributed by atoms with Crippen molar-refractivity contribution in [3.8, 4) is 0 Å². The topological polar surface area (TPSA) is 61.8 Å². The van der Waals surface area contributed by atoms with Gasteiger partial charge in [-0.15, -0.1) is 11.3 Å². The van der Waals surface area contributed by atoms with Crippen LogP contribution in [-0.2, 0) is 9.53 Å². The molecule has 112 valence electrons. The molecule has 3 atom stereocenters. The fraction of sp³-hybridized carbons (Fsp3) is 0.643. The molecule has 1 aromatic heterocycles. The number of hydrogen-bond acceptors (Lipinski definition) is 5. The molecule has 0 aliphatic carbocycles. The van der Waals surface area contributed by atoms with E-state index in [1.807, 2.05) is 24.6 Å². The molecule has 0 saturated carbocycles. The Balaban J connectivity index is 2.25. The number of aliphatic hydroxyl groups is 1. The highest BCUT2D eigenvalue weighted by Crippen LogP contribution is 2.37. The number of nitrogens with one attached hydrogen (secondary N) is 1. The van der Waals surface area contributed by atoms with E-state index in [1.54, 1.807) is 18.3 Å². The van der Waals surface area contributed by atoms with Crippen LogP contribution in [0.15, 0.2) is 17.5 Å². The number of methoxy groups -OCH3 is 1. The Morgan fingerprint density at radius 2 is 2.45 bits per heavy atom. The predicted octanol–water partition coefficient (Wildman–Crippen LogP) is 1.01. The molecule has 0 radical (unpaired) electrons. The van der Waals surface area contributed by atoms with Crippen LogP contribution in [0.4, 0.5) is 0 Å². The Morgan fingerprint density at radius 3 is 3.05 bits per heavy atom. The van der Waals surface area contributed by atoms with Crippen LogP contribution >= 0.6 is 11.3 Å². The SMILES string of the molecule is COCC(=O)NC1C(c2cccs2)N(C)CCC1(C)O. The number of ether oxygens (including phenoxy) is 1. The van der Waals surface area contributed by atoms with E-state index >= 15 is 0 Å². The first-order chi connectivity index (χ1) is 9.45. The quantitative estimate of drug-likeness (QED) is 0.871. The van der Waals surface area contributed by atoms with Gasteiger partial charge in [0.05, 0.1) is 17.7 Å². The van der Waals surface area contributed by atoms with E-state index in [9.17, 15) is 9.90 Å². The number of likely N-dealkylation sites (tertiary alicyclic amines) is 1. The second-order valence-electron chi connectivity index (χ2n) is 5.53. The van der Waals surface area contributed by atoms with Crippen molar-refractivity contribution in [2.75, 3.05) is 27.3 Å². The van der Waals surface area contributed by atoms with Crippen molar-refractivity contribution in [1.82, 2.24) is 10.2 Å². The van der Waals surface area contributed by atoms with Crippen LogP contribution in [0.2, 0.25) is 0 Å². The van der Waals surface area contributed by atoms with Crippen LogP contribution < -0.4 is 5.32 Å². The molecule has 0 spiro atoms. The van der Waals surface area contributed by atoms with Crippen LogP contribution in [0.3, 0.4) is 0 Å². The third kappa shape index (κ3) is 3.20. The fourth-order valence-electron chi connectivity index (χ4n) is 2.71. The van der Waals surface area contributed by atoms with Crippen molar-refractivity contribution >= 4 is 17.2 Å². The highest BCUT2D eigenvalue weighted by molar-refractivity contribution is 7.10. The Bertz CT molecular complexity index is 447. The van der Waals surface area contributed by atoms with Gasteiger partial charge in [0, 0.05) is 18.5 Å². The van der Waals surface area contributed by atoms with Crippen molar-refractivity contribution in [1.29, 1.82) is 0 Å². The van der Waals surface area contributed by atoms with Crippen molar-refractivity contribution in [3.63, 3.8) is 0 Å². The summed E-state index contributed by atoms with van der Waals surface area (Å²) < 4.78 is 4.86. The van der Waals surface area contributed by atoms with Crippen molar-refractivity contribution in [2.24, 2.45) is 0 Å². The molecule has 1 aliphatic heterocycles. The number of likely N-dealkylation sites (N-methyl/N-ethyl adjacent to an activating group) is 1. The molecule has 3 unspecified atom stereocenters. The maximum atomic E-state index is 11.9. The van der Waals surface area contributed by atoms with Gasteiger partial charge in [0.15, 0.2) is 0 Å². The first-order valence-electron chi connectivity index (χ1n) is 6.70. The molecule has 0 aromatic carbocycles. The number of rotatable bonds is 4. The van der Waals surface area contributed by atoms with Gasteiger partial charge in [-0.3, -0.25) is 9.69 Å². The zero-order chi connectivity index (χ0) is 14.8. The molecule has 20 heavy (non-hydrogen) atoms. The first-order valence-corrected chi connectivity index (χ1v) is 7.58. The number of nitrogens with zero attached hydrogens (tertiary/aromatic N) is 1. The number of amides is 1. The number of carbonyl (C=O) groups is 1. The highest BCUT2D eigenvalue weighted by Gasteiger charge is 2.45. The molecule has 1 saturated heterocycles. The zero-order valence-electron chi connectivity index (χ0n) is 12.1. The summed E-state index contributed by atoms with van der Waals surface area (Å²) in [5, 5.41) is 15.6. The molecule has 1 aromatic rings. The third-order valence-corrected chi connectivity index (χ3v) is 4.80. The maximum absolute atomic E-state index is 11.9. The lowest BCUT2D eigenvalue weighted by Crippen LogP contribution is -2.62. The second-order valence-corrected chi connectivity index (χ2v) is 6.51. The van der Waals surface area contributed by atoms with Gasteiger partial charge in [0.2, 0.25) is 5.91 Å². The van der Waals surface area contributed by atoms with Crippen molar-refractivity contribution in [3.05, 3.63) is 22.4 Å². The van der Waals surface area contributed by atoms with Gasteiger partial charge in [-0.25, -0.2) is 0 Å². The Kier molecular flexibility index (Phi) is 4.80. The molecular weight excluding hydrogens is 276 g/mol. The summed E-state index contributed by atoms with van der Waals surface area (Å²) in [6.07, 6.45) is 0.628. The van der Waals surface area contributed by atoms with Crippen molar-refractivity contribution in [2.45, 2.75) is 31.0 Å². The van der Waals surface area contributed by atoms with Crippen molar-refractivity contribution < 1.29 is 14.6 Å². The fourth-order valence-corrected chi connectivity index (χ4v) is 3.64. The molecule has 1 fully saturated rings. The standard InChI is InChI=1S/C14H22N2O3S/c1-14(18)6-7-16(2)12(10-5-4-8-20-10)13(14)15-11(17)9-19-3/h4-5,8,12-13,18H,6-7,9H2,1-3H3,(H,15,17). The predicted molar refractivity (Wildman–Crippen MR) is 78.7 cm³/mol. The summed E-state index contributed by atoms with van der Waals surface area (Å²) in [5.74, 6) is -0.199. The normalized spacial score (nSPS) is 31.2. The lowest BCUT2D eigenvalue weighted by atomic mass is 9.82. The van der Waals surface area contributed by atoms with E-state index in [2.05, 4.69) is 10.2 Å². The largest absolute Gasteiger partial charge is 0.388 e. The summed E-state index contributed by atoms with van der Waals surface area (Å²) >= 11 is 1.64. The van der Waals surface area contributed by atoms with E-state index < -0.39 is 5.60 Å². The Morgan fingerprint density at radius 1 is 1.70 bits per heavy atom. The molecule has 2 N–H and O–H groups in total. The zero-order valence-corrected chi connectivity index (χ0v) is 12.9. The first kappa shape index (κ1) is 15.4. The van der Waals surface area contributed by atoms with Crippen LogP contribution in [-0.4, -0.2) is 54.9 Å².